The van der Waals surface area contributed by atoms with Crippen LogP contribution in [0.2, 0.25) is 0 Å². The maximum Gasteiger partial charge on any atom is 0.415 e. The van der Waals surface area contributed by atoms with Gasteiger partial charge in [-0.1, -0.05) is 12.0 Å². The Labute approximate surface area is 300 Å². The first-order valence-corrected chi connectivity index (χ1v) is 16.5. The van der Waals surface area contributed by atoms with Crippen molar-refractivity contribution in [3.05, 3.63) is 53.7 Å². The van der Waals surface area contributed by atoms with E-state index in [1.165, 1.54) is 49.5 Å². The monoisotopic (exact) mass is 732 g/mol. The SMILES string of the molecule is COC(=O)c1ccc(N(CC#Cc2cc3c(N[C@@H]4CCN(C(=O)OC(C)(C)C)C[C@@H]4F)cccc3n2CC(F)(F)F)C(=O)OC(C)(C)C)c(OC)c1. The number of carbonyl (C=O) groups is 3. The molecular formula is C37H44F4N4O7. The summed E-state index contributed by atoms with van der Waals surface area (Å²) in [6.07, 6.45) is -7.29. The second-order valence-corrected chi connectivity index (χ2v) is 14.2. The highest BCUT2D eigenvalue weighted by Crippen LogP contribution is 2.33. The van der Waals surface area contributed by atoms with Crippen molar-refractivity contribution in [3.8, 4) is 17.6 Å². The number of methoxy groups -OCH3 is 2. The van der Waals surface area contributed by atoms with Crippen LogP contribution in [0.15, 0.2) is 42.5 Å². The van der Waals surface area contributed by atoms with Crippen molar-refractivity contribution >= 4 is 40.4 Å². The molecule has 52 heavy (non-hydrogen) atoms. The Bertz CT molecular complexity index is 1850. The first-order valence-electron chi connectivity index (χ1n) is 16.5. The number of nitrogens with one attached hydrogen (secondary N) is 1. The number of ether oxygens (including phenoxy) is 4. The molecule has 0 unspecified atom stereocenters. The van der Waals surface area contributed by atoms with E-state index in [9.17, 15) is 27.6 Å². The van der Waals surface area contributed by atoms with E-state index in [-0.39, 0.29) is 54.3 Å². The number of halogens is 4. The molecule has 4 rings (SSSR count). The summed E-state index contributed by atoms with van der Waals surface area (Å²) >= 11 is 0. The predicted molar refractivity (Wildman–Crippen MR) is 188 cm³/mol. The van der Waals surface area contributed by atoms with Gasteiger partial charge in [-0.3, -0.25) is 4.90 Å². The molecule has 1 saturated heterocycles. The number of piperidine rings is 1. The minimum atomic E-state index is -4.61. The molecule has 0 saturated carbocycles. The van der Waals surface area contributed by atoms with E-state index in [1.54, 1.807) is 53.7 Å². The van der Waals surface area contributed by atoms with Crippen LogP contribution in [0, 0.1) is 11.8 Å². The van der Waals surface area contributed by atoms with Gasteiger partial charge in [0.15, 0.2) is 0 Å². The fraction of sp³-hybridized carbons (Fsp3) is 0.486. The zero-order valence-corrected chi connectivity index (χ0v) is 30.4. The zero-order chi connectivity index (χ0) is 38.6. The Morgan fingerprint density at radius 3 is 2.27 bits per heavy atom. The minimum absolute atomic E-state index is 0.00439. The topological polar surface area (TPSA) is 112 Å². The lowest BCUT2D eigenvalue weighted by molar-refractivity contribution is -0.140. The van der Waals surface area contributed by atoms with Crippen LogP contribution in [0.5, 0.6) is 5.75 Å². The van der Waals surface area contributed by atoms with Crippen molar-refractivity contribution in [2.45, 2.75) is 84.1 Å². The first kappa shape index (κ1) is 39.7. The van der Waals surface area contributed by atoms with Crippen molar-refractivity contribution in [1.29, 1.82) is 0 Å². The van der Waals surface area contributed by atoms with Crippen LogP contribution in [0.25, 0.3) is 10.9 Å². The van der Waals surface area contributed by atoms with Crippen LogP contribution < -0.4 is 15.0 Å². The Hall–Kier alpha value is -5.13. The summed E-state index contributed by atoms with van der Waals surface area (Å²) in [5.41, 5.74) is -0.698. The molecule has 11 nitrogen and oxygen atoms in total. The van der Waals surface area contributed by atoms with Crippen LogP contribution in [-0.4, -0.2) is 91.1 Å². The lowest BCUT2D eigenvalue weighted by atomic mass is 10.0. The summed E-state index contributed by atoms with van der Waals surface area (Å²) in [4.78, 5) is 40.4. The first-order chi connectivity index (χ1) is 24.2. The molecule has 1 N–H and O–H groups in total. The summed E-state index contributed by atoms with van der Waals surface area (Å²) in [6, 6.07) is 9.71. The van der Waals surface area contributed by atoms with E-state index in [0.717, 1.165) is 9.47 Å². The number of anilines is 2. The number of fused-ring (bicyclic) bond motifs is 1. The van der Waals surface area contributed by atoms with Crippen LogP contribution in [0.1, 0.15) is 64.0 Å². The van der Waals surface area contributed by atoms with Crippen LogP contribution in [0.4, 0.5) is 38.5 Å². The molecule has 2 amide bonds. The molecule has 1 aromatic heterocycles. The molecular weight excluding hydrogens is 688 g/mol. The summed E-state index contributed by atoms with van der Waals surface area (Å²) in [6.45, 7) is 8.49. The molecule has 0 spiro atoms. The lowest BCUT2D eigenvalue weighted by Gasteiger charge is -2.36. The number of rotatable bonds is 7. The molecule has 2 heterocycles. The summed E-state index contributed by atoms with van der Waals surface area (Å²) in [5.74, 6) is 5.08. The number of aromatic nitrogens is 1. The normalized spacial score (nSPS) is 16.4. The van der Waals surface area contributed by atoms with E-state index in [2.05, 4.69) is 17.2 Å². The fourth-order valence-corrected chi connectivity index (χ4v) is 5.54. The van der Waals surface area contributed by atoms with Crippen molar-refractivity contribution in [3.63, 3.8) is 0 Å². The summed E-state index contributed by atoms with van der Waals surface area (Å²) in [5, 5.41) is 3.51. The molecule has 1 fully saturated rings. The van der Waals surface area contributed by atoms with Crippen molar-refractivity contribution in [2.24, 2.45) is 0 Å². The average Bonchev–Trinajstić information content (AvgIpc) is 3.38. The third-order valence-electron chi connectivity index (χ3n) is 7.78. The number of likely N-dealkylation sites (tertiary alicyclic amines) is 1. The van der Waals surface area contributed by atoms with Gasteiger partial charge in [-0.15, -0.1) is 0 Å². The molecule has 0 bridgehead atoms. The van der Waals surface area contributed by atoms with E-state index in [0.29, 0.717) is 11.1 Å². The van der Waals surface area contributed by atoms with E-state index < -0.39 is 54.3 Å². The van der Waals surface area contributed by atoms with Gasteiger partial charge in [-0.2, -0.15) is 13.2 Å². The van der Waals surface area contributed by atoms with Crippen molar-refractivity contribution < 1.29 is 50.9 Å². The molecule has 1 aliphatic heterocycles. The Morgan fingerprint density at radius 2 is 1.67 bits per heavy atom. The number of carbonyl (C=O) groups excluding carboxylic acids is 3. The standard InChI is InChI=1S/C37H44F4N4O7/c1-35(2,3)51-33(47)43-18-16-28(26(38)21-43)42-27-12-9-13-29-25(27)20-24(45(29)22-37(39,40)41)11-10-17-44(34(48)52-36(4,5)6)30-15-14-23(32(46)50-8)19-31(30)49-7/h9,12-15,19-20,26,28,42H,16-18,21-22H2,1-8H3/t26-,28+/m0/s1. The third-order valence-corrected chi connectivity index (χ3v) is 7.78. The molecule has 2 atom stereocenters. The van der Waals surface area contributed by atoms with Crippen LogP contribution in [0.3, 0.4) is 0 Å². The number of alkyl halides is 4. The summed E-state index contributed by atoms with van der Waals surface area (Å²) in [7, 11) is 2.56. The van der Waals surface area contributed by atoms with Gasteiger partial charge in [0.1, 0.15) is 29.7 Å². The average molecular weight is 733 g/mol. The number of amides is 2. The highest BCUT2D eigenvalue weighted by molar-refractivity contribution is 5.95. The van der Waals surface area contributed by atoms with Gasteiger partial charge >= 0.3 is 24.3 Å². The largest absolute Gasteiger partial charge is 0.495 e. The van der Waals surface area contributed by atoms with Gasteiger partial charge in [0.05, 0.1) is 55.8 Å². The lowest BCUT2D eigenvalue weighted by Crippen LogP contribution is -2.51. The molecule has 2 aromatic carbocycles. The number of esters is 1. The number of hydrogen-bond donors (Lipinski definition) is 1. The van der Waals surface area contributed by atoms with E-state index in [1.807, 2.05) is 0 Å². The third kappa shape index (κ3) is 10.2. The number of benzene rings is 2. The van der Waals surface area contributed by atoms with Crippen LogP contribution >= 0.6 is 0 Å². The quantitative estimate of drug-likeness (QED) is 0.115. The predicted octanol–water partition coefficient (Wildman–Crippen LogP) is 7.55. The second kappa shape index (κ2) is 15.6. The maximum absolute atomic E-state index is 15.4. The van der Waals surface area contributed by atoms with E-state index in [4.69, 9.17) is 18.9 Å². The summed E-state index contributed by atoms with van der Waals surface area (Å²) < 4.78 is 79.3. The minimum Gasteiger partial charge on any atom is -0.495 e. The van der Waals surface area contributed by atoms with E-state index >= 15 is 4.39 Å². The van der Waals surface area contributed by atoms with Crippen LogP contribution in [-0.2, 0) is 20.8 Å². The van der Waals surface area contributed by atoms with Gasteiger partial charge in [-0.25, -0.2) is 18.8 Å². The smallest absolute Gasteiger partial charge is 0.415 e. The molecule has 0 aliphatic carbocycles. The van der Waals surface area contributed by atoms with Gasteiger partial charge in [0.25, 0.3) is 0 Å². The highest BCUT2D eigenvalue weighted by Gasteiger charge is 2.35. The van der Waals surface area contributed by atoms with Gasteiger partial charge in [0.2, 0.25) is 0 Å². The Morgan fingerprint density at radius 1 is 0.981 bits per heavy atom. The molecule has 15 heteroatoms. The number of hydrogen-bond acceptors (Lipinski definition) is 8. The van der Waals surface area contributed by atoms with Gasteiger partial charge in [-0.05, 0) is 90.3 Å². The Balaban J connectivity index is 1.68. The maximum atomic E-state index is 15.4. The van der Waals surface area contributed by atoms with Crippen molar-refractivity contribution in [2.75, 3.05) is 44.1 Å². The zero-order valence-electron chi connectivity index (χ0n) is 30.4. The van der Waals surface area contributed by atoms with Gasteiger partial charge in [0, 0.05) is 17.6 Å². The second-order valence-electron chi connectivity index (χ2n) is 14.2. The Kier molecular flexibility index (Phi) is 11.9. The fourth-order valence-electron chi connectivity index (χ4n) is 5.54. The molecule has 282 valence electrons. The van der Waals surface area contributed by atoms with Crippen molar-refractivity contribution in [1.82, 2.24) is 9.47 Å². The number of nitrogens with zero attached hydrogens (tertiary/aromatic N) is 3. The molecule has 3 aromatic rings. The van der Waals surface area contributed by atoms with Gasteiger partial charge < -0.3 is 33.7 Å². The molecule has 1 aliphatic rings. The molecule has 0 radical (unpaired) electrons. The highest BCUT2D eigenvalue weighted by atomic mass is 19.4.